The molecule has 1 aromatic carbocycles. The number of ether oxygens (including phenoxy) is 1. The van der Waals surface area contributed by atoms with Crippen molar-refractivity contribution in [2.45, 2.75) is 6.54 Å². The lowest BCUT2D eigenvalue weighted by molar-refractivity contribution is 0.248. The van der Waals surface area contributed by atoms with Crippen LogP contribution in [0.25, 0.3) is 27.3 Å². The van der Waals surface area contributed by atoms with Crippen LogP contribution in [-0.4, -0.2) is 83.8 Å². The standard InChI is InChI=1S/C26H28FN7O5S2/c1-41(36,37)14-13-38-17-4-5-20(18(27)15-17)32-9-6-31(7-10-32)8-11-33-24-23(40-26(33)35)21-16-19(22-3-2-12-39-22)30-34(21)25(28)29-24/h2-5,12,15-16H,6-11,13-14H2,1H3,(H2,28,29). The van der Waals surface area contributed by atoms with E-state index >= 15 is 0 Å². The minimum Gasteiger partial charge on any atom is -0.492 e. The van der Waals surface area contributed by atoms with E-state index in [9.17, 15) is 17.6 Å². The molecular weight excluding hydrogens is 573 g/mol. The first-order valence-corrected chi connectivity index (χ1v) is 15.8. The molecular formula is C26H28FN7O5S2. The molecule has 5 aromatic rings. The van der Waals surface area contributed by atoms with E-state index in [1.165, 1.54) is 10.6 Å². The summed E-state index contributed by atoms with van der Waals surface area (Å²) in [6.45, 7) is 3.65. The monoisotopic (exact) mass is 601 g/mol. The molecule has 1 aliphatic rings. The second-order valence-electron chi connectivity index (χ2n) is 9.87. The minimum absolute atomic E-state index is 0.0275. The van der Waals surface area contributed by atoms with Crippen molar-refractivity contribution in [3.63, 3.8) is 0 Å². The van der Waals surface area contributed by atoms with Gasteiger partial charge in [-0.1, -0.05) is 11.3 Å². The number of anilines is 2. The second kappa shape index (κ2) is 10.8. The molecule has 2 N–H and O–H groups in total. The maximum atomic E-state index is 14.8. The highest BCUT2D eigenvalue weighted by molar-refractivity contribution is 7.90. The minimum atomic E-state index is -3.15. The second-order valence-corrected chi connectivity index (χ2v) is 13.1. The number of rotatable bonds is 9. The van der Waals surface area contributed by atoms with E-state index < -0.39 is 15.7 Å². The van der Waals surface area contributed by atoms with Gasteiger partial charge in [0.05, 0.1) is 23.2 Å². The molecule has 0 radical (unpaired) electrons. The van der Waals surface area contributed by atoms with Gasteiger partial charge in [-0.2, -0.15) is 14.6 Å². The first-order valence-electron chi connectivity index (χ1n) is 13.0. The number of aromatic nitrogens is 4. The number of fused-ring (bicyclic) bond motifs is 3. The number of nitrogens with zero attached hydrogens (tertiary/aromatic N) is 6. The molecule has 0 bridgehead atoms. The number of thiazole rings is 1. The predicted octanol–water partition coefficient (Wildman–Crippen LogP) is 2.33. The Morgan fingerprint density at radius 2 is 1.95 bits per heavy atom. The van der Waals surface area contributed by atoms with E-state index in [4.69, 9.17) is 14.9 Å². The summed E-state index contributed by atoms with van der Waals surface area (Å²) in [5.74, 6) is 0.522. The largest absolute Gasteiger partial charge is 0.492 e. The fraction of sp³-hybridized carbons (Fsp3) is 0.346. The van der Waals surface area contributed by atoms with Crippen molar-refractivity contribution >= 4 is 48.7 Å². The molecule has 15 heteroatoms. The van der Waals surface area contributed by atoms with Crippen molar-refractivity contribution in [1.29, 1.82) is 0 Å². The van der Waals surface area contributed by atoms with E-state index in [0.29, 0.717) is 78.0 Å². The van der Waals surface area contributed by atoms with Gasteiger partial charge in [0.25, 0.3) is 0 Å². The Labute approximate surface area is 238 Å². The lowest BCUT2D eigenvalue weighted by atomic mass is 10.2. The molecule has 1 saturated heterocycles. The maximum Gasteiger partial charge on any atom is 0.309 e. The molecule has 216 valence electrons. The molecule has 4 aromatic heterocycles. The van der Waals surface area contributed by atoms with Crippen LogP contribution in [0.4, 0.5) is 16.0 Å². The Morgan fingerprint density at radius 1 is 1.15 bits per heavy atom. The van der Waals surface area contributed by atoms with Crippen LogP contribution < -0.4 is 20.2 Å². The zero-order valence-corrected chi connectivity index (χ0v) is 23.8. The van der Waals surface area contributed by atoms with Crippen molar-refractivity contribution in [1.82, 2.24) is 24.1 Å². The van der Waals surface area contributed by atoms with Crippen molar-refractivity contribution in [2.75, 3.05) is 62.0 Å². The number of nitrogen functional groups attached to an aromatic ring is 1. The van der Waals surface area contributed by atoms with Gasteiger partial charge in [0, 0.05) is 51.6 Å². The van der Waals surface area contributed by atoms with Gasteiger partial charge >= 0.3 is 4.87 Å². The number of hydrogen-bond donors (Lipinski definition) is 1. The number of nitrogens with two attached hydrogens (primary N) is 1. The van der Waals surface area contributed by atoms with E-state index in [1.54, 1.807) is 35.1 Å². The Balaban J connectivity index is 1.10. The van der Waals surface area contributed by atoms with Gasteiger partial charge in [0.1, 0.15) is 28.6 Å². The Bertz CT molecular complexity index is 1870. The number of furan rings is 1. The first kappa shape index (κ1) is 27.2. The Hall–Kier alpha value is -3.95. The highest BCUT2D eigenvalue weighted by Crippen LogP contribution is 2.29. The summed E-state index contributed by atoms with van der Waals surface area (Å²) in [7, 11) is -3.15. The van der Waals surface area contributed by atoms with E-state index in [-0.39, 0.29) is 23.2 Å². The van der Waals surface area contributed by atoms with E-state index in [2.05, 4.69) is 15.0 Å². The molecule has 6 rings (SSSR count). The molecule has 0 spiro atoms. The molecule has 5 heterocycles. The Kier molecular flexibility index (Phi) is 7.17. The Morgan fingerprint density at radius 3 is 2.66 bits per heavy atom. The number of halogens is 1. The fourth-order valence-electron chi connectivity index (χ4n) is 4.89. The van der Waals surface area contributed by atoms with Crippen LogP contribution in [0.1, 0.15) is 0 Å². The van der Waals surface area contributed by atoms with Crippen LogP contribution in [0.2, 0.25) is 0 Å². The summed E-state index contributed by atoms with van der Waals surface area (Å²) in [6, 6.07) is 10.0. The maximum absolute atomic E-state index is 14.8. The van der Waals surface area contributed by atoms with Crippen LogP contribution in [0.5, 0.6) is 5.75 Å². The SMILES string of the molecule is CS(=O)(=O)CCOc1ccc(N2CCN(CCn3c(=O)sc4c3nc(N)n3nc(-c5ccco5)cc43)CC2)c(F)c1. The summed E-state index contributed by atoms with van der Waals surface area (Å²) in [5.41, 5.74) is 8.50. The molecule has 1 aliphatic heterocycles. The summed E-state index contributed by atoms with van der Waals surface area (Å²) < 4.78 is 52.1. The third-order valence-electron chi connectivity index (χ3n) is 7.02. The molecule has 0 saturated carbocycles. The van der Waals surface area contributed by atoms with Crippen molar-refractivity contribution in [3.05, 3.63) is 58.1 Å². The molecule has 1 fully saturated rings. The highest BCUT2D eigenvalue weighted by atomic mass is 32.2. The summed E-state index contributed by atoms with van der Waals surface area (Å²) in [5, 5.41) is 4.49. The van der Waals surface area contributed by atoms with Crippen molar-refractivity contribution in [3.8, 4) is 17.2 Å². The van der Waals surface area contributed by atoms with Crippen molar-refractivity contribution in [2.24, 2.45) is 0 Å². The normalized spacial score (nSPS) is 14.8. The van der Waals surface area contributed by atoms with Gasteiger partial charge in [0.15, 0.2) is 21.2 Å². The zero-order valence-electron chi connectivity index (χ0n) is 22.2. The van der Waals surface area contributed by atoms with Gasteiger partial charge in [-0.25, -0.2) is 12.8 Å². The van der Waals surface area contributed by atoms with Crippen molar-refractivity contribution < 1.29 is 22.0 Å². The van der Waals surface area contributed by atoms with Crippen LogP contribution >= 0.6 is 11.3 Å². The molecule has 0 atom stereocenters. The first-order chi connectivity index (χ1) is 19.7. The smallest absolute Gasteiger partial charge is 0.309 e. The van der Waals surface area contributed by atoms with Crippen LogP contribution in [0.3, 0.4) is 0 Å². The number of benzene rings is 1. The molecule has 0 unspecified atom stereocenters. The van der Waals surface area contributed by atoms with E-state index in [0.717, 1.165) is 17.6 Å². The number of sulfone groups is 1. The summed E-state index contributed by atoms with van der Waals surface area (Å²) >= 11 is 1.11. The van der Waals surface area contributed by atoms with Crippen LogP contribution in [0.15, 0.2) is 51.9 Å². The fourth-order valence-corrected chi connectivity index (χ4v) is 6.23. The van der Waals surface area contributed by atoms with Crippen LogP contribution in [-0.2, 0) is 16.4 Å². The average Bonchev–Trinajstić information content (AvgIpc) is 3.67. The third-order valence-corrected chi connectivity index (χ3v) is 8.92. The summed E-state index contributed by atoms with van der Waals surface area (Å²) in [6.07, 6.45) is 2.70. The molecule has 12 nitrogen and oxygen atoms in total. The quantitative estimate of drug-likeness (QED) is 0.268. The lowest BCUT2D eigenvalue weighted by Gasteiger charge is -2.36. The topological polar surface area (TPSA) is 141 Å². The van der Waals surface area contributed by atoms with Gasteiger partial charge < -0.3 is 19.8 Å². The van der Waals surface area contributed by atoms with Gasteiger partial charge in [-0.05, 0) is 30.3 Å². The predicted molar refractivity (Wildman–Crippen MR) is 155 cm³/mol. The number of hydrogen-bond acceptors (Lipinski definition) is 11. The highest BCUT2D eigenvalue weighted by Gasteiger charge is 2.22. The van der Waals surface area contributed by atoms with Gasteiger partial charge in [-0.3, -0.25) is 14.3 Å². The average molecular weight is 602 g/mol. The molecule has 0 amide bonds. The number of piperazine rings is 1. The summed E-state index contributed by atoms with van der Waals surface area (Å²) in [4.78, 5) is 21.5. The third kappa shape index (κ3) is 5.64. The lowest BCUT2D eigenvalue weighted by Crippen LogP contribution is -2.47. The molecule has 41 heavy (non-hydrogen) atoms. The van der Waals surface area contributed by atoms with Gasteiger partial charge in [0.2, 0.25) is 5.95 Å². The molecule has 0 aliphatic carbocycles. The van der Waals surface area contributed by atoms with Crippen LogP contribution in [0, 0.1) is 5.82 Å². The van der Waals surface area contributed by atoms with E-state index in [1.807, 2.05) is 11.0 Å². The zero-order chi connectivity index (χ0) is 28.7. The van der Waals surface area contributed by atoms with Gasteiger partial charge in [-0.15, -0.1) is 0 Å².